The molecule has 1 fully saturated rings. The molecule has 1 N–H and O–H groups in total. The van der Waals surface area contributed by atoms with Gasteiger partial charge in [0.1, 0.15) is 0 Å². The number of amides is 1. The molecule has 1 saturated heterocycles. The first-order valence-corrected chi connectivity index (χ1v) is 13.3. The van der Waals surface area contributed by atoms with Crippen LogP contribution < -0.4 is 4.90 Å². The number of pyridine rings is 1. The highest BCUT2D eigenvalue weighted by atomic mass is 35.5. The zero-order valence-corrected chi connectivity index (χ0v) is 21.3. The van der Waals surface area contributed by atoms with Crippen LogP contribution in [0.5, 0.6) is 0 Å². The number of fused-ring (bicyclic) bond motifs is 1. The van der Waals surface area contributed by atoms with Gasteiger partial charge in [0.2, 0.25) is 15.9 Å². The highest BCUT2D eigenvalue weighted by Gasteiger charge is 2.37. The van der Waals surface area contributed by atoms with Crippen molar-refractivity contribution in [1.82, 2.24) is 14.2 Å². The number of halogens is 1. The van der Waals surface area contributed by atoms with Gasteiger partial charge in [-0.25, -0.2) is 8.42 Å². The topological polar surface area (TPSA) is 106 Å². The number of anilines is 1. The molecule has 2 aliphatic rings. The number of carbonyl (C=O) groups is 1. The monoisotopic (exact) mass is 537 g/mol. The number of oxime groups is 1. The number of hydrogen-bond acceptors (Lipinski definition) is 7. The summed E-state index contributed by atoms with van der Waals surface area (Å²) >= 11 is 6.03. The largest absolute Gasteiger partial charge is 0.411 e. The van der Waals surface area contributed by atoms with Crippen molar-refractivity contribution in [3.63, 3.8) is 0 Å². The summed E-state index contributed by atoms with van der Waals surface area (Å²) in [4.78, 5) is 20.7. The van der Waals surface area contributed by atoms with Crippen molar-refractivity contribution in [2.24, 2.45) is 10.6 Å². The van der Waals surface area contributed by atoms with E-state index in [4.69, 9.17) is 11.6 Å². The lowest BCUT2D eigenvalue weighted by Crippen LogP contribution is -2.54. The van der Waals surface area contributed by atoms with Gasteiger partial charge in [-0.1, -0.05) is 35.9 Å². The molecular weight excluding hydrogens is 514 g/mol. The molecule has 37 heavy (non-hydrogen) atoms. The normalized spacial score (nSPS) is 18.2. The summed E-state index contributed by atoms with van der Waals surface area (Å²) in [6, 6.07) is 13.8. The third kappa shape index (κ3) is 5.08. The van der Waals surface area contributed by atoms with Gasteiger partial charge in [0.15, 0.2) is 0 Å². The Morgan fingerprint density at radius 1 is 1.03 bits per heavy atom. The van der Waals surface area contributed by atoms with Crippen LogP contribution in [0.4, 0.5) is 5.69 Å². The van der Waals surface area contributed by atoms with Gasteiger partial charge in [-0.2, -0.15) is 4.31 Å². The number of nitrogens with zero attached hydrogens (tertiary/aromatic N) is 5. The molecule has 9 nitrogen and oxygen atoms in total. The highest BCUT2D eigenvalue weighted by molar-refractivity contribution is 7.89. The lowest BCUT2D eigenvalue weighted by molar-refractivity contribution is -0.134. The van der Waals surface area contributed by atoms with E-state index in [9.17, 15) is 18.4 Å². The van der Waals surface area contributed by atoms with Crippen LogP contribution in [0.3, 0.4) is 0 Å². The molecule has 3 heterocycles. The number of rotatable bonds is 6. The number of carbonyl (C=O) groups excluding carboxylic acids is 1. The van der Waals surface area contributed by atoms with Gasteiger partial charge in [-0.15, -0.1) is 5.16 Å². The van der Waals surface area contributed by atoms with Gasteiger partial charge >= 0.3 is 0 Å². The molecule has 0 unspecified atom stereocenters. The molecule has 190 valence electrons. The Kier molecular flexibility index (Phi) is 6.72. The molecule has 3 aromatic rings. The number of aromatic nitrogens is 1. The van der Waals surface area contributed by atoms with Crippen molar-refractivity contribution in [2.75, 3.05) is 31.1 Å². The molecule has 2 aliphatic heterocycles. The van der Waals surface area contributed by atoms with E-state index >= 15 is 0 Å². The molecule has 1 aromatic heterocycles. The lowest BCUT2D eigenvalue weighted by Gasteiger charge is -2.38. The smallest absolute Gasteiger partial charge is 0.243 e. The zero-order chi connectivity index (χ0) is 26.0. The predicted octanol–water partition coefficient (Wildman–Crippen LogP) is 3.72. The molecule has 5 rings (SSSR count). The van der Waals surface area contributed by atoms with Crippen molar-refractivity contribution >= 4 is 50.2 Å². The molecule has 0 aliphatic carbocycles. The fourth-order valence-corrected chi connectivity index (χ4v) is 6.06. The maximum Gasteiger partial charge on any atom is 0.243 e. The molecule has 11 heteroatoms. The molecule has 0 saturated carbocycles. The van der Waals surface area contributed by atoms with Crippen LogP contribution in [-0.2, 0) is 14.8 Å². The maximum absolute atomic E-state index is 13.3. The van der Waals surface area contributed by atoms with E-state index in [-0.39, 0.29) is 37.0 Å². The van der Waals surface area contributed by atoms with E-state index in [1.807, 2.05) is 41.6 Å². The van der Waals surface area contributed by atoms with Crippen LogP contribution in [0.25, 0.3) is 10.8 Å². The first-order valence-electron chi connectivity index (χ1n) is 11.5. The van der Waals surface area contributed by atoms with Gasteiger partial charge in [0.05, 0.1) is 23.1 Å². The third-order valence-electron chi connectivity index (χ3n) is 6.51. The van der Waals surface area contributed by atoms with Crippen LogP contribution in [0.15, 0.2) is 95.5 Å². The summed E-state index contributed by atoms with van der Waals surface area (Å²) in [6.45, 7) is 0.287. The molecular formula is C26H24ClN5O4S. The van der Waals surface area contributed by atoms with Crippen LogP contribution in [-0.4, -0.2) is 66.1 Å². The second kappa shape index (κ2) is 9.97. The summed E-state index contributed by atoms with van der Waals surface area (Å²) in [6.07, 6.45) is 12.1. The van der Waals surface area contributed by atoms with Crippen LogP contribution >= 0.6 is 11.6 Å². The number of piperazine rings is 1. The molecule has 2 aromatic carbocycles. The Bertz CT molecular complexity index is 1510. The Morgan fingerprint density at radius 2 is 1.73 bits per heavy atom. The van der Waals surface area contributed by atoms with E-state index in [0.717, 1.165) is 16.5 Å². The zero-order valence-electron chi connectivity index (χ0n) is 19.7. The lowest BCUT2D eigenvalue weighted by atomic mass is 9.87. The molecule has 1 amide bonds. The molecule has 0 spiro atoms. The first kappa shape index (κ1) is 24.9. The molecule has 0 radical (unpaired) electrons. The standard InChI is InChI=1S/C26H24ClN5O4S/c27-22-3-1-21-16-24(4-2-20(21)15-22)37(35,36)32-14-13-31(25(33)17-32)19-26(18-29-34)7-11-30(12-8-26)23-5-9-28-10-6-23/h1-12,15-16,18,34H,13-14,17,19H2/b29-18+. The number of hydrogen-bond donors (Lipinski definition) is 1. The van der Waals surface area contributed by atoms with Crippen molar-refractivity contribution in [3.8, 4) is 0 Å². The van der Waals surface area contributed by atoms with Crippen molar-refractivity contribution in [3.05, 3.63) is 90.5 Å². The van der Waals surface area contributed by atoms with Crippen LogP contribution in [0, 0.1) is 5.41 Å². The molecule has 0 atom stereocenters. The third-order valence-corrected chi connectivity index (χ3v) is 8.59. The van der Waals surface area contributed by atoms with E-state index in [0.29, 0.717) is 5.02 Å². The quantitative estimate of drug-likeness (QED) is 0.292. The minimum Gasteiger partial charge on any atom is -0.411 e. The summed E-state index contributed by atoms with van der Waals surface area (Å²) in [5, 5.41) is 14.7. The Labute approximate surface area is 219 Å². The Hall–Kier alpha value is -3.73. The second-order valence-electron chi connectivity index (χ2n) is 8.91. The average molecular weight is 538 g/mol. The average Bonchev–Trinajstić information content (AvgIpc) is 2.90. The summed E-state index contributed by atoms with van der Waals surface area (Å²) in [7, 11) is -3.87. The van der Waals surface area contributed by atoms with Crippen molar-refractivity contribution in [2.45, 2.75) is 4.90 Å². The van der Waals surface area contributed by atoms with E-state index < -0.39 is 15.4 Å². The first-order chi connectivity index (χ1) is 17.8. The minimum absolute atomic E-state index is 0.127. The predicted molar refractivity (Wildman–Crippen MR) is 142 cm³/mol. The van der Waals surface area contributed by atoms with Gasteiger partial charge in [-0.05, 0) is 47.2 Å². The van der Waals surface area contributed by atoms with Crippen molar-refractivity contribution in [1.29, 1.82) is 0 Å². The fraction of sp³-hybridized carbons (Fsp3) is 0.192. The minimum atomic E-state index is -3.87. The summed E-state index contributed by atoms with van der Waals surface area (Å²) < 4.78 is 27.8. The summed E-state index contributed by atoms with van der Waals surface area (Å²) in [5.74, 6) is -0.327. The highest BCUT2D eigenvalue weighted by Crippen LogP contribution is 2.30. The van der Waals surface area contributed by atoms with Gasteiger partial charge in [0.25, 0.3) is 0 Å². The van der Waals surface area contributed by atoms with E-state index in [2.05, 4.69) is 10.1 Å². The van der Waals surface area contributed by atoms with Crippen molar-refractivity contribution < 1.29 is 18.4 Å². The summed E-state index contributed by atoms with van der Waals surface area (Å²) in [5.41, 5.74) is 0.0675. The van der Waals surface area contributed by atoms with Crippen LogP contribution in [0.1, 0.15) is 0 Å². The molecule has 0 bridgehead atoms. The Morgan fingerprint density at radius 3 is 2.43 bits per heavy atom. The van der Waals surface area contributed by atoms with E-state index in [1.54, 1.807) is 47.6 Å². The maximum atomic E-state index is 13.3. The van der Waals surface area contributed by atoms with Gasteiger partial charge in [0, 0.05) is 55.1 Å². The Balaban J connectivity index is 1.30. The van der Waals surface area contributed by atoms with Crippen LogP contribution in [0.2, 0.25) is 5.02 Å². The SMILES string of the molecule is O=C1CN(S(=O)(=O)c2ccc3cc(Cl)ccc3c2)CCN1CC1(/C=N/O)C=CN(c2ccncc2)C=C1. The van der Waals surface area contributed by atoms with Gasteiger partial charge < -0.3 is 15.0 Å². The van der Waals surface area contributed by atoms with Gasteiger partial charge in [-0.3, -0.25) is 9.78 Å². The number of benzene rings is 2. The second-order valence-corrected chi connectivity index (χ2v) is 11.3. The fourth-order valence-electron chi connectivity index (χ4n) is 4.47. The number of sulfonamides is 1. The van der Waals surface area contributed by atoms with E-state index in [1.165, 1.54) is 16.6 Å².